The molecule has 2 heterocycles. The van der Waals surface area contributed by atoms with Gasteiger partial charge in [-0.3, -0.25) is 9.59 Å². The SMILES string of the molecule is O=C(O)Cn1cc(Cn2c3ccccc3c(=O)c3ccccc32)nn1. The summed E-state index contributed by atoms with van der Waals surface area (Å²) in [6.45, 7) is 0.152. The Balaban J connectivity index is 1.90. The van der Waals surface area contributed by atoms with Crippen LogP contribution in [0.5, 0.6) is 0 Å². The summed E-state index contributed by atoms with van der Waals surface area (Å²) in [6, 6.07) is 14.8. The smallest absolute Gasteiger partial charge is 0.325 e. The van der Waals surface area contributed by atoms with E-state index in [1.54, 1.807) is 6.20 Å². The number of fused-ring (bicyclic) bond motifs is 2. The molecule has 0 atom stereocenters. The molecule has 0 radical (unpaired) electrons. The minimum atomic E-state index is -0.976. The summed E-state index contributed by atoms with van der Waals surface area (Å²) in [4.78, 5) is 23.5. The zero-order chi connectivity index (χ0) is 17.4. The van der Waals surface area contributed by atoms with Gasteiger partial charge in [0.2, 0.25) is 0 Å². The molecular weight excluding hydrogens is 320 g/mol. The fourth-order valence-electron chi connectivity index (χ4n) is 3.04. The van der Waals surface area contributed by atoms with Gasteiger partial charge in [-0.1, -0.05) is 29.5 Å². The summed E-state index contributed by atoms with van der Waals surface area (Å²) < 4.78 is 3.28. The van der Waals surface area contributed by atoms with Crippen LogP contribution in [0.15, 0.2) is 59.5 Å². The first-order valence-corrected chi connectivity index (χ1v) is 7.74. The van der Waals surface area contributed by atoms with Gasteiger partial charge in [0.05, 0.1) is 23.8 Å². The molecule has 0 fully saturated rings. The molecule has 0 saturated heterocycles. The third kappa shape index (κ3) is 2.65. The van der Waals surface area contributed by atoms with Crippen LogP contribution in [0.3, 0.4) is 0 Å². The van der Waals surface area contributed by atoms with Crippen LogP contribution in [0.25, 0.3) is 21.8 Å². The van der Waals surface area contributed by atoms with Crippen LogP contribution in [-0.4, -0.2) is 30.6 Å². The number of aliphatic carboxylic acids is 1. The molecule has 0 spiro atoms. The highest BCUT2D eigenvalue weighted by Gasteiger charge is 2.12. The predicted molar refractivity (Wildman–Crippen MR) is 92.5 cm³/mol. The predicted octanol–water partition coefficient (Wildman–Crippen LogP) is 1.88. The molecular formula is C18H14N4O3. The summed E-state index contributed by atoms with van der Waals surface area (Å²) in [5.41, 5.74) is 2.23. The number of benzene rings is 2. The number of nitrogens with zero attached hydrogens (tertiary/aromatic N) is 4. The van der Waals surface area contributed by atoms with Gasteiger partial charge in [-0.05, 0) is 24.3 Å². The van der Waals surface area contributed by atoms with Gasteiger partial charge < -0.3 is 9.67 Å². The summed E-state index contributed by atoms with van der Waals surface area (Å²) in [6.07, 6.45) is 1.61. The molecule has 0 unspecified atom stereocenters. The Morgan fingerprint density at radius 2 is 1.60 bits per heavy atom. The Labute approximate surface area is 141 Å². The highest BCUT2D eigenvalue weighted by atomic mass is 16.4. The standard InChI is InChI=1S/C18H14N4O3/c23-17(24)11-21-9-12(19-20-21)10-22-15-7-3-1-5-13(15)18(25)14-6-2-4-8-16(14)22/h1-9H,10-11H2,(H,23,24). The van der Waals surface area contributed by atoms with Crippen molar-refractivity contribution in [3.63, 3.8) is 0 Å². The first-order valence-electron chi connectivity index (χ1n) is 7.74. The largest absolute Gasteiger partial charge is 0.480 e. The number of carboxylic acid groups (broad SMARTS) is 1. The van der Waals surface area contributed by atoms with Gasteiger partial charge in [0.15, 0.2) is 5.43 Å². The molecule has 0 bridgehead atoms. The Morgan fingerprint density at radius 1 is 1.00 bits per heavy atom. The van der Waals surface area contributed by atoms with E-state index in [0.717, 1.165) is 11.0 Å². The van der Waals surface area contributed by atoms with Crippen LogP contribution in [0, 0.1) is 0 Å². The zero-order valence-electron chi connectivity index (χ0n) is 13.2. The molecule has 2 aromatic carbocycles. The van der Waals surface area contributed by atoms with Gasteiger partial charge in [-0.15, -0.1) is 5.10 Å². The van der Waals surface area contributed by atoms with Crippen molar-refractivity contribution in [1.29, 1.82) is 0 Å². The van der Waals surface area contributed by atoms with Crippen molar-refractivity contribution in [3.05, 3.63) is 70.6 Å². The van der Waals surface area contributed by atoms with E-state index in [2.05, 4.69) is 10.3 Å². The Bertz CT molecular complexity index is 1100. The summed E-state index contributed by atoms with van der Waals surface area (Å²) in [5, 5.41) is 18.0. The Morgan fingerprint density at radius 3 is 2.20 bits per heavy atom. The van der Waals surface area contributed by atoms with Crippen LogP contribution in [-0.2, 0) is 17.9 Å². The minimum Gasteiger partial charge on any atom is -0.480 e. The third-order valence-corrected chi connectivity index (χ3v) is 4.08. The monoisotopic (exact) mass is 334 g/mol. The van der Waals surface area contributed by atoms with Gasteiger partial charge in [0, 0.05) is 10.8 Å². The molecule has 2 aromatic heterocycles. The highest BCUT2D eigenvalue weighted by Crippen LogP contribution is 2.20. The van der Waals surface area contributed by atoms with E-state index in [1.807, 2.05) is 53.1 Å². The number of rotatable bonds is 4. The fraction of sp³-hybridized carbons (Fsp3) is 0.111. The minimum absolute atomic E-state index is 0.00279. The number of aromatic nitrogens is 4. The number of para-hydroxylation sites is 2. The number of hydrogen-bond acceptors (Lipinski definition) is 4. The van der Waals surface area contributed by atoms with Crippen molar-refractivity contribution in [1.82, 2.24) is 19.6 Å². The summed E-state index contributed by atoms with van der Waals surface area (Å²) in [7, 11) is 0. The van der Waals surface area contributed by atoms with Crippen LogP contribution in [0.2, 0.25) is 0 Å². The average molecular weight is 334 g/mol. The third-order valence-electron chi connectivity index (χ3n) is 4.08. The second kappa shape index (κ2) is 5.86. The second-order valence-corrected chi connectivity index (χ2v) is 5.75. The van der Waals surface area contributed by atoms with E-state index in [4.69, 9.17) is 5.11 Å². The van der Waals surface area contributed by atoms with E-state index in [-0.39, 0.29) is 12.0 Å². The number of hydrogen-bond donors (Lipinski definition) is 1. The van der Waals surface area contributed by atoms with E-state index >= 15 is 0 Å². The quantitative estimate of drug-likeness (QED) is 0.576. The lowest BCUT2D eigenvalue weighted by molar-refractivity contribution is -0.137. The highest BCUT2D eigenvalue weighted by molar-refractivity contribution is 5.93. The van der Waals surface area contributed by atoms with E-state index < -0.39 is 5.97 Å². The molecule has 4 rings (SSSR count). The van der Waals surface area contributed by atoms with Crippen LogP contribution in [0.4, 0.5) is 0 Å². The molecule has 0 saturated carbocycles. The van der Waals surface area contributed by atoms with Crippen molar-refractivity contribution in [2.24, 2.45) is 0 Å². The van der Waals surface area contributed by atoms with Crippen LogP contribution < -0.4 is 5.43 Å². The van der Waals surface area contributed by atoms with Gasteiger partial charge >= 0.3 is 5.97 Å². The maximum Gasteiger partial charge on any atom is 0.325 e. The lowest BCUT2D eigenvalue weighted by Crippen LogP contribution is -2.12. The van der Waals surface area contributed by atoms with E-state index in [9.17, 15) is 9.59 Å². The molecule has 1 N–H and O–H groups in total. The Kier molecular flexibility index (Phi) is 3.53. The average Bonchev–Trinajstić information content (AvgIpc) is 3.05. The first kappa shape index (κ1) is 15.1. The lowest BCUT2D eigenvalue weighted by atomic mass is 10.1. The second-order valence-electron chi connectivity index (χ2n) is 5.75. The van der Waals surface area contributed by atoms with Gasteiger partial charge in [-0.25, -0.2) is 4.68 Å². The lowest BCUT2D eigenvalue weighted by Gasteiger charge is -2.13. The molecule has 124 valence electrons. The molecule has 7 nitrogen and oxygen atoms in total. The fourth-order valence-corrected chi connectivity index (χ4v) is 3.04. The molecule has 25 heavy (non-hydrogen) atoms. The maximum absolute atomic E-state index is 12.7. The molecule has 0 aliphatic carbocycles. The van der Waals surface area contributed by atoms with Crippen molar-refractivity contribution in [2.75, 3.05) is 0 Å². The normalized spacial score (nSPS) is 11.2. The number of carboxylic acids is 1. The Hall–Kier alpha value is -3.48. The van der Waals surface area contributed by atoms with Gasteiger partial charge in [-0.2, -0.15) is 0 Å². The topological polar surface area (TPSA) is 90.0 Å². The molecule has 0 aliphatic rings. The number of carbonyl (C=O) groups is 1. The summed E-state index contributed by atoms with van der Waals surface area (Å²) in [5.74, 6) is -0.976. The molecule has 0 amide bonds. The maximum atomic E-state index is 12.7. The molecule has 4 aromatic rings. The molecule has 7 heteroatoms. The summed E-state index contributed by atoms with van der Waals surface area (Å²) >= 11 is 0. The van der Waals surface area contributed by atoms with E-state index in [0.29, 0.717) is 23.0 Å². The molecule has 0 aliphatic heterocycles. The van der Waals surface area contributed by atoms with E-state index in [1.165, 1.54) is 4.68 Å². The van der Waals surface area contributed by atoms with Crippen molar-refractivity contribution in [3.8, 4) is 0 Å². The van der Waals surface area contributed by atoms with Crippen molar-refractivity contribution in [2.45, 2.75) is 13.1 Å². The van der Waals surface area contributed by atoms with Gasteiger partial charge in [0.25, 0.3) is 0 Å². The first-order chi connectivity index (χ1) is 12.1. The zero-order valence-corrected chi connectivity index (χ0v) is 13.2. The van der Waals surface area contributed by atoms with Crippen LogP contribution in [0.1, 0.15) is 5.69 Å². The van der Waals surface area contributed by atoms with Gasteiger partial charge in [0.1, 0.15) is 12.2 Å². The number of pyridine rings is 1. The van der Waals surface area contributed by atoms with Crippen LogP contribution >= 0.6 is 0 Å². The van der Waals surface area contributed by atoms with Crippen molar-refractivity contribution >= 4 is 27.8 Å². The van der Waals surface area contributed by atoms with Crippen molar-refractivity contribution < 1.29 is 9.90 Å².